The molecule has 0 aliphatic carbocycles. The molecular weight excluding hydrogens is 250 g/mol. The largest absolute Gasteiger partial charge is 0.487 e. The standard InChI is InChI=1S/C13H21NO3S/c1-5-14-10-13(2,3)17-11-7-6-8-12(9-11)18(4,15)16/h6-9,14H,5,10H2,1-4H3. The van der Waals surface area contributed by atoms with Gasteiger partial charge in [0.05, 0.1) is 4.90 Å². The molecule has 0 spiro atoms. The Morgan fingerprint density at radius 2 is 2.00 bits per heavy atom. The van der Waals surface area contributed by atoms with Crippen LogP contribution >= 0.6 is 0 Å². The van der Waals surface area contributed by atoms with Gasteiger partial charge in [0, 0.05) is 12.8 Å². The zero-order valence-electron chi connectivity index (χ0n) is 11.4. The number of likely N-dealkylation sites (N-methyl/N-ethyl adjacent to an activating group) is 1. The summed E-state index contributed by atoms with van der Waals surface area (Å²) in [6.07, 6.45) is 1.19. The molecular formula is C13H21NO3S. The van der Waals surface area contributed by atoms with E-state index in [2.05, 4.69) is 5.32 Å². The minimum atomic E-state index is -3.19. The summed E-state index contributed by atoms with van der Waals surface area (Å²) >= 11 is 0. The summed E-state index contributed by atoms with van der Waals surface area (Å²) in [5.74, 6) is 0.570. The second kappa shape index (κ2) is 5.71. The molecule has 102 valence electrons. The molecule has 4 nitrogen and oxygen atoms in total. The van der Waals surface area contributed by atoms with Crippen LogP contribution in [-0.4, -0.2) is 33.4 Å². The van der Waals surface area contributed by atoms with Gasteiger partial charge in [0.2, 0.25) is 0 Å². The third-order valence-electron chi connectivity index (χ3n) is 2.43. The van der Waals surface area contributed by atoms with Crippen molar-refractivity contribution in [2.45, 2.75) is 31.3 Å². The molecule has 0 saturated heterocycles. The molecule has 0 aromatic heterocycles. The third kappa shape index (κ3) is 4.66. The molecule has 0 aliphatic heterocycles. The first-order chi connectivity index (χ1) is 8.24. The van der Waals surface area contributed by atoms with Crippen LogP contribution in [0.25, 0.3) is 0 Å². The molecule has 0 heterocycles. The van der Waals surface area contributed by atoms with Crippen molar-refractivity contribution in [3.8, 4) is 5.75 Å². The van der Waals surface area contributed by atoms with Gasteiger partial charge in [0.15, 0.2) is 9.84 Å². The van der Waals surface area contributed by atoms with Crippen molar-refractivity contribution < 1.29 is 13.2 Å². The molecule has 1 N–H and O–H groups in total. The maximum atomic E-state index is 11.5. The van der Waals surface area contributed by atoms with Crippen LogP contribution in [0.2, 0.25) is 0 Å². The highest BCUT2D eigenvalue weighted by Crippen LogP contribution is 2.21. The average Bonchev–Trinajstić information content (AvgIpc) is 2.25. The Bertz CT molecular complexity index is 495. The van der Waals surface area contributed by atoms with Gasteiger partial charge in [0.25, 0.3) is 0 Å². The summed E-state index contributed by atoms with van der Waals surface area (Å²) in [4.78, 5) is 0.277. The van der Waals surface area contributed by atoms with Crippen molar-refractivity contribution in [3.05, 3.63) is 24.3 Å². The van der Waals surface area contributed by atoms with Gasteiger partial charge >= 0.3 is 0 Å². The van der Waals surface area contributed by atoms with Gasteiger partial charge < -0.3 is 10.1 Å². The molecule has 0 radical (unpaired) electrons. The highest BCUT2D eigenvalue weighted by molar-refractivity contribution is 7.90. The number of hydrogen-bond acceptors (Lipinski definition) is 4. The van der Waals surface area contributed by atoms with Crippen LogP contribution in [0.3, 0.4) is 0 Å². The second-order valence-corrected chi connectivity index (χ2v) is 6.90. The lowest BCUT2D eigenvalue weighted by molar-refractivity contribution is 0.108. The molecule has 0 fully saturated rings. The van der Waals surface area contributed by atoms with E-state index >= 15 is 0 Å². The smallest absolute Gasteiger partial charge is 0.175 e. The van der Waals surface area contributed by atoms with E-state index in [0.29, 0.717) is 12.3 Å². The van der Waals surface area contributed by atoms with Gasteiger partial charge in [-0.1, -0.05) is 13.0 Å². The van der Waals surface area contributed by atoms with Crippen LogP contribution in [0, 0.1) is 0 Å². The fraction of sp³-hybridized carbons (Fsp3) is 0.538. The molecule has 0 bridgehead atoms. The zero-order chi connectivity index (χ0) is 13.8. The second-order valence-electron chi connectivity index (χ2n) is 4.89. The van der Waals surface area contributed by atoms with E-state index in [1.165, 1.54) is 6.26 Å². The van der Waals surface area contributed by atoms with E-state index in [0.717, 1.165) is 6.54 Å². The van der Waals surface area contributed by atoms with Gasteiger partial charge in [-0.2, -0.15) is 0 Å². The monoisotopic (exact) mass is 271 g/mol. The zero-order valence-corrected chi connectivity index (χ0v) is 12.2. The Labute approximate surface area is 109 Å². The lowest BCUT2D eigenvalue weighted by atomic mass is 10.1. The van der Waals surface area contributed by atoms with Gasteiger partial charge in [0.1, 0.15) is 11.4 Å². The minimum Gasteiger partial charge on any atom is -0.487 e. The lowest BCUT2D eigenvalue weighted by Crippen LogP contribution is -2.40. The van der Waals surface area contributed by atoms with Crippen molar-refractivity contribution in [2.75, 3.05) is 19.3 Å². The third-order valence-corrected chi connectivity index (χ3v) is 3.54. The van der Waals surface area contributed by atoms with Crippen LogP contribution in [-0.2, 0) is 9.84 Å². The molecule has 5 heteroatoms. The van der Waals surface area contributed by atoms with Crippen molar-refractivity contribution in [1.29, 1.82) is 0 Å². The van der Waals surface area contributed by atoms with Crippen molar-refractivity contribution in [2.24, 2.45) is 0 Å². The highest BCUT2D eigenvalue weighted by Gasteiger charge is 2.19. The van der Waals surface area contributed by atoms with E-state index in [1.54, 1.807) is 24.3 Å². The fourth-order valence-electron chi connectivity index (χ4n) is 1.55. The van der Waals surface area contributed by atoms with E-state index in [4.69, 9.17) is 4.74 Å². The molecule has 0 saturated carbocycles. The number of sulfone groups is 1. The van der Waals surface area contributed by atoms with Gasteiger partial charge in [-0.15, -0.1) is 0 Å². The molecule has 18 heavy (non-hydrogen) atoms. The quantitative estimate of drug-likeness (QED) is 0.858. The average molecular weight is 271 g/mol. The van der Waals surface area contributed by atoms with E-state index in [-0.39, 0.29) is 10.5 Å². The summed E-state index contributed by atoms with van der Waals surface area (Å²) in [6, 6.07) is 6.58. The van der Waals surface area contributed by atoms with Crippen LogP contribution in [0.4, 0.5) is 0 Å². The number of rotatable bonds is 6. The SMILES string of the molecule is CCNCC(C)(C)Oc1cccc(S(C)(=O)=O)c1. The van der Waals surface area contributed by atoms with E-state index in [9.17, 15) is 8.42 Å². The molecule has 0 aliphatic rings. The molecule has 1 rings (SSSR count). The summed E-state index contributed by atoms with van der Waals surface area (Å²) in [5.41, 5.74) is -0.383. The van der Waals surface area contributed by atoms with Crippen LogP contribution < -0.4 is 10.1 Å². The molecule has 0 atom stereocenters. The number of ether oxygens (including phenoxy) is 1. The first-order valence-electron chi connectivity index (χ1n) is 5.94. The normalized spacial score (nSPS) is 12.4. The molecule has 1 aromatic rings. The topological polar surface area (TPSA) is 55.4 Å². The Balaban J connectivity index is 2.85. The molecule has 0 amide bonds. The Morgan fingerprint density at radius 1 is 1.33 bits per heavy atom. The number of nitrogens with one attached hydrogen (secondary N) is 1. The number of benzene rings is 1. The van der Waals surface area contributed by atoms with Crippen molar-refractivity contribution in [3.63, 3.8) is 0 Å². The van der Waals surface area contributed by atoms with Crippen LogP contribution in [0.1, 0.15) is 20.8 Å². The van der Waals surface area contributed by atoms with E-state index < -0.39 is 9.84 Å². The predicted octanol–water partition coefficient (Wildman–Crippen LogP) is 1.86. The lowest BCUT2D eigenvalue weighted by Gasteiger charge is -2.26. The predicted molar refractivity (Wildman–Crippen MR) is 72.8 cm³/mol. The van der Waals surface area contributed by atoms with Crippen LogP contribution in [0.5, 0.6) is 5.75 Å². The Kier molecular flexibility index (Phi) is 4.76. The summed E-state index contributed by atoms with van der Waals surface area (Å²) < 4.78 is 28.7. The highest BCUT2D eigenvalue weighted by atomic mass is 32.2. The van der Waals surface area contributed by atoms with Gasteiger partial charge in [-0.05, 0) is 38.6 Å². The van der Waals surface area contributed by atoms with Crippen molar-refractivity contribution in [1.82, 2.24) is 5.32 Å². The summed E-state index contributed by atoms with van der Waals surface area (Å²) in [5, 5.41) is 3.21. The first-order valence-corrected chi connectivity index (χ1v) is 7.83. The van der Waals surface area contributed by atoms with Gasteiger partial charge in [-0.25, -0.2) is 8.42 Å². The summed E-state index contributed by atoms with van der Waals surface area (Å²) in [7, 11) is -3.19. The maximum Gasteiger partial charge on any atom is 0.175 e. The van der Waals surface area contributed by atoms with E-state index in [1.807, 2.05) is 20.8 Å². The maximum absolute atomic E-state index is 11.5. The first kappa shape index (κ1) is 15.0. The minimum absolute atomic E-state index is 0.277. The van der Waals surface area contributed by atoms with Crippen LogP contribution in [0.15, 0.2) is 29.2 Å². The molecule has 1 aromatic carbocycles. The Morgan fingerprint density at radius 3 is 2.56 bits per heavy atom. The van der Waals surface area contributed by atoms with Crippen molar-refractivity contribution >= 4 is 9.84 Å². The molecule has 0 unspecified atom stereocenters. The number of hydrogen-bond donors (Lipinski definition) is 1. The Hall–Kier alpha value is -1.07. The van der Waals surface area contributed by atoms with Gasteiger partial charge in [-0.3, -0.25) is 0 Å². The fourth-order valence-corrected chi connectivity index (χ4v) is 2.21. The summed E-state index contributed by atoms with van der Waals surface area (Å²) in [6.45, 7) is 7.52.